The summed E-state index contributed by atoms with van der Waals surface area (Å²) in [5.74, 6) is -1.73. The van der Waals surface area contributed by atoms with E-state index in [1.807, 2.05) is 30.3 Å². The molecule has 9 nitrogen and oxygen atoms in total. The van der Waals surface area contributed by atoms with Crippen LogP contribution in [-0.2, 0) is 37.6 Å². The Morgan fingerprint density at radius 1 is 0.921 bits per heavy atom. The molecule has 0 aliphatic heterocycles. The molecule has 0 aliphatic carbocycles. The third-order valence-corrected chi connectivity index (χ3v) is 8.90. The highest BCUT2D eigenvalue weighted by Crippen LogP contribution is 2.20. The van der Waals surface area contributed by atoms with Crippen molar-refractivity contribution in [2.75, 3.05) is 18.6 Å². The molecule has 3 atom stereocenters. The van der Waals surface area contributed by atoms with Crippen LogP contribution in [0.15, 0.2) is 90.1 Å². The molecule has 0 bridgehead atoms. The Kier molecular flexibility index (Phi) is 10.1. The fourth-order valence-electron chi connectivity index (χ4n) is 4.02. The van der Waals surface area contributed by atoms with Gasteiger partial charge in [0.1, 0.15) is 9.84 Å². The Bertz CT molecular complexity index is 1390. The molecule has 38 heavy (non-hydrogen) atoms. The van der Waals surface area contributed by atoms with E-state index in [9.17, 15) is 26.7 Å². The smallest absolute Gasteiger partial charge is 0.243 e. The van der Waals surface area contributed by atoms with E-state index in [-0.39, 0.29) is 30.2 Å². The Morgan fingerprint density at radius 2 is 1.50 bits per heavy atom. The third-order valence-electron chi connectivity index (χ3n) is 5.97. The highest BCUT2D eigenvalue weighted by Gasteiger charge is 2.32. The molecule has 0 saturated carbocycles. The molecule has 3 aromatic rings. The van der Waals surface area contributed by atoms with Crippen LogP contribution in [0.4, 0.5) is 0 Å². The average Bonchev–Trinajstić information content (AvgIpc) is 2.88. The number of nitrogens with zero attached hydrogens (tertiary/aromatic N) is 2. The number of pyridine rings is 1. The van der Waals surface area contributed by atoms with Gasteiger partial charge in [0.15, 0.2) is 0 Å². The first-order chi connectivity index (χ1) is 18.0. The molecule has 2 aromatic carbocycles. The summed E-state index contributed by atoms with van der Waals surface area (Å²) in [7, 11) is -7.41. The van der Waals surface area contributed by atoms with Gasteiger partial charge >= 0.3 is 0 Å². The lowest BCUT2D eigenvalue weighted by Gasteiger charge is -2.30. The van der Waals surface area contributed by atoms with E-state index in [4.69, 9.17) is 0 Å². The maximum Gasteiger partial charge on any atom is 0.243 e. The van der Waals surface area contributed by atoms with Gasteiger partial charge < -0.3 is 10.4 Å². The molecule has 0 fully saturated rings. The fraction of sp³-hybridized carbons (Fsp3) is 0.333. The predicted octanol–water partition coefficient (Wildman–Crippen LogP) is 2.04. The summed E-state index contributed by atoms with van der Waals surface area (Å²) in [5, 5.41) is 14.1. The van der Waals surface area contributed by atoms with Gasteiger partial charge in [-0.2, -0.15) is 4.31 Å². The number of aliphatic hydroxyl groups excluding tert-OH is 1. The van der Waals surface area contributed by atoms with Gasteiger partial charge in [-0.15, -0.1) is 0 Å². The zero-order valence-electron chi connectivity index (χ0n) is 21.3. The van der Waals surface area contributed by atoms with E-state index >= 15 is 0 Å². The molecule has 204 valence electrons. The van der Waals surface area contributed by atoms with E-state index in [2.05, 4.69) is 10.3 Å². The first-order valence-corrected chi connectivity index (χ1v) is 15.6. The van der Waals surface area contributed by atoms with Crippen molar-refractivity contribution in [2.24, 2.45) is 5.92 Å². The van der Waals surface area contributed by atoms with Crippen molar-refractivity contribution in [3.8, 4) is 0 Å². The van der Waals surface area contributed by atoms with Crippen molar-refractivity contribution >= 4 is 25.8 Å². The molecule has 1 amide bonds. The summed E-state index contributed by atoms with van der Waals surface area (Å²) in [6.07, 6.45) is 3.08. The lowest BCUT2D eigenvalue weighted by molar-refractivity contribution is -0.125. The van der Waals surface area contributed by atoms with Crippen LogP contribution in [0, 0.1) is 5.92 Å². The number of hydrogen-bond donors (Lipinski definition) is 2. The topological polar surface area (TPSA) is 134 Å². The van der Waals surface area contributed by atoms with Crippen LogP contribution in [0.25, 0.3) is 0 Å². The normalized spacial score (nSPS) is 14.5. The number of rotatable bonds is 13. The second-order valence-corrected chi connectivity index (χ2v) is 13.5. The molecular weight excluding hydrogens is 526 g/mol. The van der Waals surface area contributed by atoms with Crippen molar-refractivity contribution in [3.05, 3.63) is 96.3 Å². The van der Waals surface area contributed by atoms with Crippen molar-refractivity contribution in [3.63, 3.8) is 0 Å². The Hall–Kier alpha value is -3.12. The molecule has 1 heterocycles. The highest BCUT2D eigenvalue weighted by atomic mass is 32.2. The molecule has 0 saturated heterocycles. The maximum atomic E-state index is 13.6. The largest absolute Gasteiger partial charge is 0.390 e. The quantitative estimate of drug-likeness (QED) is 0.327. The van der Waals surface area contributed by atoms with Crippen LogP contribution in [0.3, 0.4) is 0 Å². The zero-order valence-corrected chi connectivity index (χ0v) is 23.0. The van der Waals surface area contributed by atoms with Crippen LogP contribution in [-0.4, -0.2) is 67.8 Å². The van der Waals surface area contributed by atoms with E-state index in [1.165, 1.54) is 23.4 Å². The summed E-state index contributed by atoms with van der Waals surface area (Å²) in [6, 6.07) is 19.6. The van der Waals surface area contributed by atoms with Gasteiger partial charge in [-0.3, -0.25) is 9.78 Å². The maximum absolute atomic E-state index is 13.6. The summed E-state index contributed by atoms with van der Waals surface area (Å²) in [5.41, 5.74) is 1.50. The van der Waals surface area contributed by atoms with E-state index in [0.717, 1.165) is 11.8 Å². The highest BCUT2D eigenvalue weighted by molar-refractivity contribution is 7.90. The number of carbonyl (C=O) groups excluding carboxylic acids is 1. The first-order valence-electron chi connectivity index (χ1n) is 12.1. The number of carbonyl (C=O) groups is 1. The molecule has 3 rings (SSSR count). The van der Waals surface area contributed by atoms with E-state index < -0.39 is 43.8 Å². The molecule has 0 radical (unpaired) electrons. The Morgan fingerprint density at radius 3 is 2.08 bits per heavy atom. The van der Waals surface area contributed by atoms with Gasteiger partial charge in [-0.25, -0.2) is 16.8 Å². The van der Waals surface area contributed by atoms with Crippen LogP contribution in [0.2, 0.25) is 0 Å². The van der Waals surface area contributed by atoms with Gasteiger partial charge in [-0.1, -0.05) is 55.5 Å². The number of amides is 1. The number of aromatic nitrogens is 1. The number of sulfonamides is 1. The lowest BCUT2D eigenvalue weighted by atomic mass is 10.00. The summed E-state index contributed by atoms with van der Waals surface area (Å²) >= 11 is 0. The van der Waals surface area contributed by atoms with Crippen LogP contribution >= 0.6 is 0 Å². The average molecular weight is 560 g/mol. The SMILES string of the molecule is CC(CS(C)(=O)=O)C(=O)N[C@@H](Cc1ccccc1)C(O)CN(Cc1ccncc1)S(=O)(=O)c1ccccc1. The fourth-order valence-corrected chi connectivity index (χ4v) is 6.55. The third kappa shape index (κ3) is 8.73. The number of hydrogen-bond acceptors (Lipinski definition) is 7. The van der Waals surface area contributed by atoms with Crippen molar-refractivity contribution < 1.29 is 26.7 Å². The lowest BCUT2D eigenvalue weighted by Crippen LogP contribution is -2.51. The predicted molar refractivity (Wildman–Crippen MR) is 145 cm³/mol. The zero-order chi connectivity index (χ0) is 27.8. The molecule has 11 heteroatoms. The Balaban J connectivity index is 1.90. The molecule has 1 aromatic heterocycles. The number of nitrogens with one attached hydrogen (secondary N) is 1. The van der Waals surface area contributed by atoms with Gasteiger partial charge in [0, 0.05) is 37.7 Å². The molecule has 0 aliphatic rings. The number of aliphatic hydroxyl groups is 1. The van der Waals surface area contributed by atoms with Crippen LogP contribution < -0.4 is 5.32 Å². The van der Waals surface area contributed by atoms with Crippen molar-refractivity contribution in [1.29, 1.82) is 0 Å². The molecule has 2 N–H and O–H groups in total. The van der Waals surface area contributed by atoms with Crippen LogP contribution in [0.1, 0.15) is 18.1 Å². The van der Waals surface area contributed by atoms with Crippen molar-refractivity contribution in [2.45, 2.75) is 36.9 Å². The summed E-state index contributed by atoms with van der Waals surface area (Å²) in [4.78, 5) is 16.9. The second-order valence-electron chi connectivity index (χ2n) is 9.33. The number of benzene rings is 2. The minimum absolute atomic E-state index is 0.0205. The first kappa shape index (κ1) is 29.4. The van der Waals surface area contributed by atoms with E-state index in [1.54, 1.807) is 42.7 Å². The monoisotopic (exact) mass is 559 g/mol. The van der Waals surface area contributed by atoms with Gasteiger partial charge in [0.2, 0.25) is 15.9 Å². The minimum atomic E-state index is -4.01. The van der Waals surface area contributed by atoms with Crippen LogP contribution in [0.5, 0.6) is 0 Å². The summed E-state index contributed by atoms with van der Waals surface area (Å²) in [6.45, 7) is 1.17. The number of sulfone groups is 1. The summed E-state index contributed by atoms with van der Waals surface area (Å²) < 4.78 is 51.8. The molecule has 0 spiro atoms. The molecular formula is C27H33N3O6S2. The molecule has 2 unspecified atom stereocenters. The Labute approximate surface area is 224 Å². The van der Waals surface area contributed by atoms with Gasteiger partial charge in [0.25, 0.3) is 0 Å². The van der Waals surface area contributed by atoms with Gasteiger partial charge in [0.05, 0.1) is 22.8 Å². The van der Waals surface area contributed by atoms with E-state index in [0.29, 0.717) is 5.56 Å². The second kappa shape index (κ2) is 13.1. The minimum Gasteiger partial charge on any atom is -0.390 e. The standard InChI is InChI=1S/C27H33N3O6S2/c1-21(20-37(2,33)34)27(32)29-25(17-22-9-5-3-6-10-22)26(31)19-30(18-23-13-15-28-16-14-23)38(35,36)24-11-7-4-8-12-24/h3-16,21,25-26,31H,17-20H2,1-2H3,(H,29,32)/t21?,25-,26?/m0/s1. The van der Waals surface area contributed by atoms with Gasteiger partial charge in [-0.05, 0) is 41.8 Å². The van der Waals surface area contributed by atoms with Crippen molar-refractivity contribution in [1.82, 2.24) is 14.6 Å².